The maximum Gasteiger partial charge on any atom is 0.433 e. The van der Waals surface area contributed by atoms with Gasteiger partial charge < -0.3 is 10.1 Å². The number of thioether (sulfide) groups is 1. The second-order valence-corrected chi connectivity index (χ2v) is 2.72. The van der Waals surface area contributed by atoms with E-state index < -0.39 is 6.09 Å². The van der Waals surface area contributed by atoms with Gasteiger partial charge in [0.15, 0.2) is 0 Å². The number of oxime groups is 1. The summed E-state index contributed by atoms with van der Waals surface area (Å²) in [4.78, 5) is 14.9. The lowest BCUT2D eigenvalue weighted by molar-refractivity contribution is 0.152. The molecule has 1 rings (SSSR count). The van der Waals surface area contributed by atoms with Crippen molar-refractivity contribution in [3.8, 4) is 0 Å². The van der Waals surface area contributed by atoms with E-state index in [-0.39, 0.29) is 0 Å². The van der Waals surface area contributed by atoms with E-state index in [1.165, 1.54) is 18.8 Å². The number of rotatable bonds is 1. The van der Waals surface area contributed by atoms with Gasteiger partial charge >= 0.3 is 6.09 Å². The SMILES string of the molecule is CNC(=O)O/N=C1\COCS1. The summed E-state index contributed by atoms with van der Waals surface area (Å²) in [6, 6.07) is 0. The Morgan fingerprint density at radius 3 is 3.27 bits per heavy atom. The molecule has 62 valence electrons. The van der Waals surface area contributed by atoms with E-state index in [0.29, 0.717) is 17.6 Å². The van der Waals surface area contributed by atoms with Crippen LogP contribution < -0.4 is 5.32 Å². The molecule has 0 aromatic heterocycles. The van der Waals surface area contributed by atoms with Crippen LogP contribution in [-0.4, -0.2) is 30.7 Å². The zero-order valence-electron chi connectivity index (χ0n) is 5.99. The number of ether oxygens (including phenoxy) is 1. The molecule has 11 heavy (non-hydrogen) atoms. The van der Waals surface area contributed by atoms with Crippen LogP contribution in [0.5, 0.6) is 0 Å². The molecule has 0 unspecified atom stereocenters. The summed E-state index contributed by atoms with van der Waals surface area (Å²) in [6.07, 6.45) is -0.565. The van der Waals surface area contributed by atoms with Crippen molar-refractivity contribution < 1.29 is 14.4 Å². The molecule has 0 aromatic carbocycles. The van der Waals surface area contributed by atoms with Crippen molar-refractivity contribution in [2.24, 2.45) is 5.16 Å². The number of hydrogen-bond acceptors (Lipinski definition) is 5. The van der Waals surface area contributed by atoms with E-state index in [0.717, 1.165) is 0 Å². The summed E-state index contributed by atoms with van der Waals surface area (Å²) in [5, 5.41) is 6.50. The molecular formula is C5H8N2O3S. The van der Waals surface area contributed by atoms with Crippen molar-refractivity contribution >= 4 is 22.9 Å². The van der Waals surface area contributed by atoms with E-state index in [1.807, 2.05) is 0 Å². The first-order valence-electron chi connectivity index (χ1n) is 2.99. The summed E-state index contributed by atoms with van der Waals surface area (Å²) in [5.74, 6) is 0.579. The van der Waals surface area contributed by atoms with Gasteiger partial charge in [-0.15, -0.1) is 0 Å². The van der Waals surface area contributed by atoms with E-state index >= 15 is 0 Å². The standard InChI is InChI=1S/C5H8N2O3S/c1-6-5(8)10-7-4-2-9-3-11-4/h2-3H2,1H3,(H,6,8)/b7-4+. The lowest BCUT2D eigenvalue weighted by Gasteiger charge is -1.94. The van der Waals surface area contributed by atoms with Gasteiger partial charge in [-0.3, -0.25) is 4.84 Å². The lowest BCUT2D eigenvalue weighted by atomic mass is 10.8. The van der Waals surface area contributed by atoms with Gasteiger partial charge in [-0.25, -0.2) is 4.79 Å². The Morgan fingerprint density at radius 1 is 1.91 bits per heavy atom. The van der Waals surface area contributed by atoms with Crippen LogP contribution in [0.15, 0.2) is 5.16 Å². The molecule has 1 fully saturated rings. The Bertz CT molecular complexity index is 175. The first kappa shape index (κ1) is 8.35. The summed E-state index contributed by atoms with van der Waals surface area (Å²) < 4.78 is 4.94. The fourth-order valence-electron chi connectivity index (χ4n) is 0.471. The molecule has 1 N–H and O–H groups in total. The zero-order chi connectivity index (χ0) is 8.10. The molecule has 5 nitrogen and oxygen atoms in total. The minimum Gasteiger partial charge on any atom is -0.363 e. The van der Waals surface area contributed by atoms with Crippen molar-refractivity contribution in [2.75, 3.05) is 19.6 Å². The third-order valence-electron chi connectivity index (χ3n) is 0.969. The fraction of sp³-hybridized carbons (Fsp3) is 0.600. The highest BCUT2D eigenvalue weighted by Crippen LogP contribution is 2.12. The number of carbonyl (C=O) groups excluding carboxylic acids is 1. The zero-order valence-corrected chi connectivity index (χ0v) is 6.81. The van der Waals surface area contributed by atoms with E-state index in [9.17, 15) is 4.79 Å². The molecular weight excluding hydrogens is 168 g/mol. The number of nitrogens with zero attached hydrogens (tertiary/aromatic N) is 1. The normalized spacial score (nSPS) is 20.3. The quantitative estimate of drug-likeness (QED) is 0.463. The van der Waals surface area contributed by atoms with Gasteiger partial charge in [-0.05, 0) is 0 Å². The number of amides is 1. The van der Waals surface area contributed by atoms with Crippen molar-refractivity contribution in [1.82, 2.24) is 5.32 Å². The van der Waals surface area contributed by atoms with E-state index in [1.54, 1.807) is 0 Å². The van der Waals surface area contributed by atoms with Crippen LogP contribution in [0, 0.1) is 0 Å². The predicted octanol–water partition coefficient (Wildman–Crippen LogP) is 0.377. The topological polar surface area (TPSA) is 59.9 Å². The van der Waals surface area contributed by atoms with Gasteiger partial charge in [0.25, 0.3) is 0 Å². The molecule has 1 amide bonds. The molecule has 0 bridgehead atoms. The summed E-state index contributed by atoms with van der Waals surface area (Å²) in [6.45, 7) is 0.432. The van der Waals surface area contributed by atoms with Crippen LogP contribution in [0.4, 0.5) is 4.79 Å². The van der Waals surface area contributed by atoms with Crippen LogP contribution in [0.3, 0.4) is 0 Å². The van der Waals surface area contributed by atoms with Crippen molar-refractivity contribution in [1.29, 1.82) is 0 Å². The van der Waals surface area contributed by atoms with Crippen molar-refractivity contribution in [3.63, 3.8) is 0 Å². The molecule has 0 saturated carbocycles. The van der Waals surface area contributed by atoms with Gasteiger partial charge in [-0.2, -0.15) is 0 Å². The second-order valence-electron chi connectivity index (χ2n) is 1.72. The molecule has 0 aliphatic carbocycles. The third kappa shape index (κ3) is 2.77. The molecule has 1 aliphatic rings. The summed E-state index contributed by atoms with van der Waals surface area (Å²) in [7, 11) is 1.47. The molecule has 6 heteroatoms. The predicted molar refractivity (Wildman–Crippen MR) is 41.4 cm³/mol. The Hall–Kier alpha value is -0.750. The average molecular weight is 176 g/mol. The lowest BCUT2D eigenvalue weighted by Crippen LogP contribution is -2.17. The molecule has 0 spiro atoms. The smallest absolute Gasteiger partial charge is 0.363 e. The highest BCUT2D eigenvalue weighted by molar-refractivity contribution is 8.14. The second kappa shape index (κ2) is 4.20. The minimum absolute atomic E-state index is 0.432. The molecule has 1 heterocycles. The van der Waals surface area contributed by atoms with Gasteiger partial charge in [-0.1, -0.05) is 16.9 Å². The highest BCUT2D eigenvalue weighted by atomic mass is 32.2. The van der Waals surface area contributed by atoms with Crippen molar-refractivity contribution in [2.45, 2.75) is 0 Å². The van der Waals surface area contributed by atoms with Gasteiger partial charge in [0.2, 0.25) is 0 Å². The van der Waals surface area contributed by atoms with Gasteiger partial charge in [0.1, 0.15) is 5.04 Å². The fourth-order valence-corrected chi connectivity index (χ4v) is 1.03. The number of nitrogens with one attached hydrogen (secondary N) is 1. The van der Waals surface area contributed by atoms with Gasteiger partial charge in [0, 0.05) is 7.05 Å². The van der Waals surface area contributed by atoms with E-state index in [2.05, 4.69) is 15.3 Å². The molecule has 0 atom stereocenters. The number of carbonyl (C=O) groups is 1. The first-order chi connectivity index (χ1) is 5.33. The Balaban J connectivity index is 2.28. The van der Waals surface area contributed by atoms with Crippen LogP contribution in [0.25, 0.3) is 0 Å². The minimum atomic E-state index is -0.565. The average Bonchev–Trinajstić information content (AvgIpc) is 2.52. The number of hydrogen-bond donors (Lipinski definition) is 1. The molecule has 1 saturated heterocycles. The van der Waals surface area contributed by atoms with Crippen LogP contribution in [0.1, 0.15) is 0 Å². The highest BCUT2D eigenvalue weighted by Gasteiger charge is 2.10. The summed E-state index contributed by atoms with van der Waals surface area (Å²) >= 11 is 1.42. The Kier molecular flexibility index (Phi) is 3.18. The maximum atomic E-state index is 10.5. The molecule has 0 aromatic rings. The van der Waals surface area contributed by atoms with Gasteiger partial charge in [0.05, 0.1) is 12.5 Å². The Labute approximate surface area is 68.1 Å². The van der Waals surface area contributed by atoms with Crippen LogP contribution in [-0.2, 0) is 9.57 Å². The van der Waals surface area contributed by atoms with E-state index in [4.69, 9.17) is 4.74 Å². The molecule has 1 aliphatic heterocycles. The first-order valence-corrected chi connectivity index (χ1v) is 3.97. The third-order valence-corrected chi connectivity index (χ3v) is 1.78. The van der Waals surface area contributed by atoms with Crippen LogP contribution in [0.2, 0.25) is 0 Å². The summed E-state index contributed by atoms with van der Waals surface area (Å²) in [5.41, 5.74) is 0. The maximum absolute atomic E-state index is 10.5. The monoisotopic (exact) mass is 176 g/mol. The van der Waals surface area contributed by atoms with Crippen molar-refractivity contribution in [3.05, 3.63) is 0 Å². The van der Waals surface area contributed by atoms with Crippen LogP contribution >= 0.6 is 11.8 Å². The Morgan fingerprint density at radius 2 is 2.73 bits per heavy atom. The largest absolute Gasteiger partial charge is 0.433 e. The molecule has 0 radical (unpaired) electrons.